The van der Waals surface area contributed by atoms with E-state index in [1.807, 2.05) is 30.3 Å². The molecule has 0 saturated carbocycles. The van der Waals surface area contributed by atoms with Gasteiger partial charge in [-0.3, -0.25) is 10.1 Å². The van der Waals surface area contributed by atoms with Crippen molar-refractivity contribution in [1.82, 2.24) is 0 Å². The van der Waals surface area contributed by atoms with Gasteiger partial charge in [0.25, 0.3) is 0 Å². The Morgan fingerprint density at radius 1 is 1.00 bits per heavy atom. The third kappa shape index (κ3) is 3.22. The van der Waals surface area contributed by atoms with Gasteiger partial charge in [-0.05, 0) is 11.6 Å². The van der Waals surface area contributed by atoms with E-state index in [2.05, 4.69) is 0 Å². The SMILES string of the molecule is COc1ccc([N+](=O)[O-])c(OCc2ccccc2)c1OC. The molecule has 21 heavy (non-hydrogen) atoms. The molecule has 0 spiro atoms. The molecule has 6 heteroatoms. The Labute approximate surface area is 122 Å². The average molecular weight is 289 g/mol. The predicted octanol–water partition coefficient (Wildman–Crippen LogP) is 3.19. The molecular weight excluding hydrogens is 274 g/mol. The number of methoxy groups -OCH3 is 2. The molecule has 0 bridgehead atoms. The average Bonchev–Trinajstić information content (AvgIpc) is 2.52. The van der Waals surface area contributed by atoms with E-state index in [1.165, 1.54) is 26.4 Å². The highest BCUT2D eigenvalue weighted by Gasteiger charge is 2.24. The van der Waals surface area contributed by atoms with E-state index in [-0.39, 0.29) is 23.8 Å². The second-order valence-corrected chi connectivity index (χ2v) is 4.18. The van der Waals surface area contributed by atoms with Crippen LogP contribution in [0.25, 0.3) is 0 Å². The summed E-state index contributed by atoms with van der Waals surface area (Å²) in [5.41, 5.74) is 0.736. The monoisotopic (exact) mass is 289 g/mol. The number of hydrogen-bond donors (Lipinski definition) is 0. The van der Waals surface area contributed by atoms with Gasteiger partial charge in [-0.1, -0.05) is 30.3 Å². The third-order valence-corrected chi connectivity index (χ3v) is 2.90. The van der Waals surface area contributed by atoms with Crippen molar-refractivity contribution in [2.75, 3.05) is 14.2 Å². The normalized spacial score (nSPS) is 10.0. The van der Waals surface area contributed by atoms with E-state index in [4.69, 9.17) is 14.2 Å². The Morgan fingerprint density at radius 2 is 1.71 bits per heavy atom. The van der Waals surface area contributed by atoms with Crippen LogP contribution in [0.15, 0.2) is 42.5 Å². The van der Waals surface area contributed by atoms with Crippen molar-refractivity contribution in [3.05, 3.63) is 58.1 Å². The van der Waals surface area contributed by atoms with Gasteiger partial charge in [-0.2, -0.15) is 0 Å². The van der Waals surface area contributed by atoms with Gasteiger partial charge >= 0.3 is 5.69 Å². The highest BCUT2D eigenvalue weighted by Crippen LogP contribution is 2.44. The van der Waals surface area contributed by atoms with E-state index < -0.39 is 4.92 Å². The molecule has 0 amide bonds. The number of ether oxygens (including phenoxy) is 3. The van der Waals surface area contributed by atoms with Crippen molar-refractivity contribution in [3.63, 3.8) is 0 Å². The number of nitro groups is 1. The number of nitro benzene ring substituents is 1. The number of benzene rings is 2. The van der Waals surface area contributed by atoms with Gasteiger partial charge < -0.3 is 14.2 Å². The van der Waals surface area contributed by atoms with Gasteiger partial charge in [0.15, 0.2) is 5.75 Å². The van der Waals surface area contributed by atoms with Crippen molar-refractivity contribution in [3.8, 4) is 17.2 Å². The summed E-state index contributed by atoms with van der Waals surface area (Å²) in [5.74, 6) is 0.652. The first kappa shape index (κ1) is 14.6. The van der Waals surface area contributed by atoms with E-state index in [0.29, 0.717) is 5.75 Å². The van der Waals surface area contributed by atoms with E-state index in [0.717, 1.165) is 5.56 Å². The lowest BCUT2D eigenvalue weighted by Gasteiger charge is -2.13. The zero-order valence-electron chi connectivity index (χ0n) is 11.7. The fourth-order valence-electron chi connectivity index (χ4n) is 1.90. The first-order valence-corrected chi connectivity index (χ1v) is 6.23. The van der Waals surface area contributed by atoms with Crippen LogP contribution in [0, 0.1) is 10.1 Å². The lowest BCUT2D eigenvalue weighted by molar-refractivity contribution is -0.386. The van der Waals surface area contributed by atoms with Crippen molar-refractivity contribution in [2.24, 2.45) is 0 Å². The fraction of sp³-hybridized carbons (Fsp3) is 0.200. The molecule has 0 saturated heterocycles. The first-order valence-electron chi connectivity index (χ1n) is 6.23. The van der Waals surface area contributed by atoms with Crippen molar-refractivity contribution in [1.29, 1.82) is 0 Å². The quantitative estimate of drug-likeness (QED) is 0.603. The van der Waals surface area contributed by atoms with Crippen LogP contribution in [-0.2, 0) is 6.61 Å². The first-order chi connectivity index (χ1) is 10.2. The molecule has 6 nitrogen and oxygen atoms in total. The molecule has 2 aromatic rings. The Morgan fingerprint density at radius 3 is 2.29 bits per heavy atom. The van der Waals surface area contributed by atoms with Crippen LogP contribution < -0.4 is 14.2 Å². The number of rotatable bonds is 6. The standard InChI is InChI=1S/C15H15NO5/c1-19-13-9-8-12(16(17)18)14(15(13)20-2)21-10-11-6-4-3-5-7-11/h3-9H,10H2,1-2H3. The maximum absolute atomic E-state index is 11.1. The van der Waals surface area contributed by atoms with Gasteiger partial charge in [0.1, 0.15) is 6.61 Å². The molecule has 110 valence electrons. The van der Waals surface area contributed by atoms with Crippen LogP contribution in [0.4, 0.5) is 5.69 Å². The molecule has 2 rings (SSSR count). The summed E-state index contributed by atoms with van der Waals surface area (Å²) in [6, 6.07) is 12.2. The number of hydrogen-bond acceptors (Lipinski definition) is 5. The maximum Gasteiger partial charge on any atom is 0.315 e. The zero-order valence-corrected chi connectivity index (χ0v) is 11.7. The molecule has 0 fully saturated rings. The third-order valence-electron chi connectivity index (χ3n) is 2.90. The summed E-state index contributed by atoms with van der Waals surface area (Å²) in [5, 5.41) is 11.1. The van der Waals surface area contributed by atoms with Gasteiger partial charge in [0.2, 0.25) is 11.5 Å². The fourth-order valence-corrected chi connectivity index (χ4v) is 1.90. The molecule has 0 aromatic heterocycles. The summed E-state index contributed by atoms with van der Waals surface area (Å²) >= 11 is 0. The summed E-state index contributed by atoms with van der Waals surface area (Å²) in [6.07, 6.45) is 0. The van der Waals surface area contributed by atoms with Crippen LogP contribution >= 0.6 is 0 Å². The second-order valence-electron chi connectivity index (χ2n) is 4.18. The number of nitrogens with zero attached hydrogens (tertiary/aromatic N) is 1. The largest absolute Gasteiger partial charge is 0.493 e. The van der Waals surface area contributed by atoms with Crippen molar-refractivity contribution < 1.29 is 19.1 Å². The van der Waals surface area contributed by atoms with Crippen LogP contribution in [-0.4, -0.2) is 19.1 Å². The molecule has 0 atom stereocenters. The summed E-state index contributed by atoms with van der Waals surface area (Å²) in [4.78, 5) is 10.6. The lowest BCUT2D eigenvalue weighted by Crippen LogP contribution is -2.02. The Bertz CT molecular complexity index is 627. The topological polar surface area (TPSA) is 70.8 Å². The van der Waals surface area contributed by atoms with E-state index in [1.54, 1.807) is 0 Å². The summed E-state index contributed by atoms with van der Waals surface area (Å²) < 4.78 is 15.9. The molecule has 0 heterocycles. The summed E-state index contributed by atoms with van der Waals surface area (Å²) in [6.45, 7) is 0.200. The second kappa shape index (κ2) is 6.60. The van der Waals surface area contributed by atoms with Gasteiger partial charge in [-0.15, -0.1) is 0 Å². The molecule has 0 N–H and O–H groups in total. The Hall–Kier alpha value is -2.76. The van der Waals surface area contributed by atoms with Crippen LogP contribution in [0.5, 0.6) is 17.2 Å². The lowest BCUT2D eigenvalue weighted by atomic mass is 10.2. The molecule has 2 aromatic carbocycles. The minimum atomic E-state index is -0.512. The Balaban J connectivity index is 2.36. The summed E-state index contributed by atoms with van der Waals surface area (Å²) in [7, 11) is 2.88. The molecular formula is C15H15NO5. The van der Waals surface area contributed by atoms with Gasteiger partial charge in [0.05, 0.1) is 19.1 Å². The minimum absolute atomic E-state index is 0.0608. The molecule has 0 unspecified atom stereocenters. The molecule has 0 aliphatic rings. The van der Waals surface area contributed by atoms with E-state index >= 15 is 0 Å². The van der Waals surface area contributed by atoms with Crippen LogP contribution in [0.3, 0.4) is 0 Å². The molecule has 0 aliphatic heterocycles. The van der Waals surface area contributed by atoms with Gasteiger partial charge in [0, 0.05) is 6.07 Å². The predicted molar refractivity (Wildman–Crippen MR) is 77.0 cm³/mol. The highest BCUT2D eigenvalue weighted by atomic mass is 16.6. The zero-order chi connectivity index (χ0) is 15.2. The van der Waals surface area contributed by atoms with Gasteiger partial charge in [-0.25, -0.2) is 0 Å². The molecule has 0 radical (unpaired) electrons. The smallest absolute Gasteiger partial charge is 0.315 e. The van der Waals surface area contributed by atoms with Crippen LogP contribution in [0.2, 0.25) is 0 Å². The minimum Gasteiger partial charge on any atom is -0.493 e. The highest BCUT2D eigenvalue weighted by molar-refractivity contribution is 5.62. The maximum atomic E-state index is 11.1. The van der Waals surface area contributed by atoms with Crippen LogP contribution in [0.1, 0.15) is 5.56 Å². The van der Waals surface area contributed by atoms with Crippen molar-refractivity contribution in [2.45, 2.75) is 6.61 Å². The Kier molecular flexibility index (Phi) is 4.61. The molecule has 0 aliphatic carbocycles. The van der Waals surface area contributed by atoms with E-state index in [9.17, 15) is 10.1 Å². The van der Waals surface area contributed by atoms with Crippen molar-refractivity contribution >= 4 is 5.69 Å².